The summed E-state index contributed by atoms with van der Waals surface area (Å²) in [6.45, 7) is 0. The van der Waals surface area contributed by atoms with Gasteiger partial charge in [-0.05, 0) is 12.1 Å². The Morgan fingerprint density at radius 2 is 2.25 bits per heavy atom. The summed E-state index contributed by atoms with van der Waals surface area (Å²) in [6, 6.07) is 2.85. The molecule has 0 aliphatic rings. The van der Waals surface area contributed by atoms with Crippen LogP contribution in [0.25, 0.3) is 0 Å². The van der Waals surface area contributed by atoms with Gasteiger partial charge in [-0.25, -0.2) is 14.4 Å². The van der Waals surface area contributed by atoms with Gasteiger partial charge in [0.05, 0.1) is 12.5 Å². The van der Waals surface area contributed by atoms with Gasteiger partial charge >= 0.3 is 0 Å². The summed E-state index contributed by atoms with van der Waals surface area (Å²) in [5.41, 5.74) is 0. The van der Waals surface area contributed by atoms with Crippen LogP contribution in [0.4, 0.5) is 10.2 Å². The van der Waals surface area contributed by atoms with Gasteiger partial charge < -0.3 is 4.90 Å². The number of aliphatic imine (C=N–C) groups is 1. The Morgan fingerprint density at radius 3 is 2.75 bits per heavy atom. The molecule has 1 rings (SSSR count). The molecule has 0 saturated heterocycles. The number of hydrogen-bond acceptors (Lipinski definition) is 2. The highest BCUT2D eigenvalue weighted by Crippen LogP contribution is 2.06. The molecule has 0 aliphatic carbocycles. The van der Waals surface area contributed by atoms with Crippen LogP contribution in [-0.4, -0.2) is 30.3 Å². The molecular weight excluding hydrogens is 157 g/mol. The van der Waals surface area contributed by atoms with Crippen LogP contribution in [0, 0.1) is 5.82 Å². The van der Waals surface area contributed by atoms with E-state index in [-0.39, 0.29) is 5.82 Å². The van der Waals surface area contributed by atoms with Crippen molar-refractivity contribution in [3.05, 3.63) is 24.1 Å². The maximum Gasteiger partial charge on any atom is 0.153 e. The third kappa shape index (κ3) is 2.65. The highest BCUT2D eigenvalue weighted by atomic mass is 19.1. The monoisotopic (exact) mass is 167 g/mol. The van der Waals surface area contributed by atoms with Crippen molar-refractivity contribution in [2.45, 2.75) is 0 Å². The minimum absolute atomic E-state index is 0.348. The van der Waals surface area contributed by atoms with Crippen molar-refractivity contribution in [1.82, 2.24) is 9.88 Å². The van der Waals surface area contributed by atoms with Crippen LogP contribution in [0.3, 0.4) is 0 Å². The van der Waals surface area contributed by atoms with Crippen LogP contribution in [0.2, 0.25) is 0 Å². The lowest BCUT2D eigenvalue weighted by molar-refractivity contribution is 0.621. The first kappa shape index (κ1) is 8.64. The van der Waals surface area contributed by atoms with Crippen molar-refractivity contribution in [2.24, 2.45) is 4.99 Å². The molecule has 1 aromatic rings. The van der Waals surface area contributed by atoms with E-state index in [2.05, 4.69) is 9.98 Å². The lowest BCUT2D eigenvalue weighted by Gasteiger charge is -2.01. The van der Waals surface area contributed by atoms with Crippen molar-refractivity contribution >= 4 is 12.2 Å². The molecule has 12 heavy (non-hydrogen) atoms. The smallest absolute Gasteiger partial charge is 0.153 e. The molecule has 0 spiro atoms. The summed E-state index contributed by atoms with van der Waals surface area (Å²) in [4.78, 5) is 9.50. The van der Waals surface area contributed by atoms with E-state index >= 15 is 0 Å². The zero-order valence-corrected chi connectivity index (χ0v) is 7.03. The average Bonchev–Trinajstić information content (AvgIpc) is 2.03. The summed E-state index contributed by atoms with van der Waals surface area (Å²) < 4.78 is 12.4. The summed E-state index contributed by atoms with van der Waals surface area (Å²) in [5, 5.41) is 0. The summed E-state index contributed by atoms with van der Waals surface area (Å²) in [5.74, 6) is 0.156. The third-order valence-corrected chi connectivity index (χ3v) is 1.13. The second kappa shape index (κ2) is 3.80. The molecule has 1 aromatic heterocycles. The highest BCUT2D eigenvalue weighted by Gasteiger charge is 1.90. The minimum Gasteiger partial charge on any atom is -0.369 e. The molecule has 0 fully saturated rings. The Balaban J connectivity index is 2.71. The fraction of sp³-hybridized carbons (Fsp3) is 0.250. The Morgan fingerprint density at radius 1 is 1.50 bits per heavy atom. The van der Waals surface area contributed by atoms with E-state index in [1.165, 1.54) is 12.1 Å². The topological polar surface area (TPSA) is 28.5 Å². The van der Waals surface area contributed by atoms with E-state index in [4.69, 9.17) is 0 Å². The van der Waals surface area contributed by atoms with E-state index in [1.807, 2.05) is 14.1 Å². The van der Waals surface area contributed by atoms with E-state index in [9.17, 15) is 4.39 Å². The molecule has 4 heteroatoms. The van der Waals surface area contributed by atoms with E-state index in [1.54, 1.807) is 11.2 Å². The first-order chi connectivity index (χ1) is 5.68. The van der Waals surface area contributed by atoms with Gasteiger partial charge in [0.15, 0.2) is 5.82 Å². The molecule has 0 bridgehead atoms. The normalized spacial score (nSPS) is 10.6. The van der Waals surface area contributed by atoms with Gasteiger partial charge in [0.25, 0.3) is 0 Å². The molecule has 0 unspecified atom stereocenters. The Kier molecular flexibility index (Phi) is 2.74. The SMILES string of the molecule is CN(C)/C=N\c1ccc(F)cn1. The Hall–Kier alpha value is -1.45. The van der Waals surface area contributed by atoms with Gasteiger partial charge in [-0.3, -0.25) is 0 Å². The zero-order chi connectivity index (χ0) is 8.97. The fourth-order valence-electron chi connectivity index (χ4n) is 0.619. The highest BCUT2D eigenvalue weighted by molar-refractivity contribution is 5.58. The number of aromatic nitrogens is 1. The minimum atomic E-state index is -0.348. The first-order valence-electron chi connectivity index (χ1n) is 3.50. The molecule has 0 aromatic carbocycles. The lowest BCUT2D eigenvalue weighted by Crippen LogP contribution is -2.07. The van der Waals surface area contributed by atoms with Gasteiger partial charge in [0, 0.05) is 14.1 Å². The van der Waals surface area contributed by atoms with Crippen LogP contribution in [0.1, 0.15) is 0 Å². The second-order valence-corrected chi connectivity index (χ2v) is 2.54. The number of halogens is 1. The molecule has 0 atom stereocenters. The zero-order valence-electron chi connectivity index (χ0n) is 7.03. The molecule has 0 aliphatic heterocycles. The fourth-order valence-corrected chi connectivity index (χ4v) is 0.619. The Bertz CT molecular complexity index is 266. The first-order valence-corrected chi connectivity index (χ1v) is 3.50. The van der Waals surface area contributed by atoms with Crippen molar-refractivity contribution in [1.29, 1.82) is 0 Å². The summed E-state index contributed by atoms with van der Waals surface area (Å²) in [7, 11) is 3.71. The molecular formula is C8H10FN3. The second-order valence-electron chi connectivity index (χ2n) is 2.54. The van der Waals surface area contributed by atoms with E-state index in [0.29, 0.717) is 5.82 Å². The molecule has 1 heterocycles. The van der Waals surface area contributed by atoms with Crippen LogP contribution in [-0.2, 0) is 0 Å². The predicted octanol–water partition coefficient (Wildman–Crippen LogP) is 1.44. The molecule has 0 N–H and O–H groups in total. The van der Waals surface area contributed by atoms with Crippen molar-refractivity contribution in [3.8, 4) is 0 Å². The molecule has 3 nitrogen and oxygen atoms in total. The molecule has 0 amide bonds. The van der Waals surface area contributed by atoms with Crippen molar-refractivity contribution in [3.63, 3.8) is 0 Å². The van der Waals surface area contributed by atoms with Gasteiger partial charge in [0.1, 0.15) is 5.82 Å². The number of nitrogens with zero attached hydrogens (tertiary/aromatic N) is 3. The van der Waals surface area contributed by atoms with Gasteiger partial charge in [-0.1, -0.05) is 0 Å². The lowest BCUT2D eigenvalue weighted by atomic mass is 10.4. The predicted molar refractivity (Wildman–Crippen MR) is 46.0 cm³/mol. The maximum absolute atomic E-state index is 12.4. The standard InChI is InChI=1S/C8H10FN3/c1-12(2)6-11-8-4-3-7(9)5-10-8/h3-6H,1-2H3/b11-6-. The quantitative estimate of drug-likeness (QED) is 0.492. The van der Waals surface area contributed by atoms with Crippen molar-refractivity contribution in [2.75, 3.05) is 14.1 Å². The number of rotatable bonds is 2. The molecule has 0 radical (unpaired) electrons. The van der Waals surface area contributed by atoms with Crippen LogP contribution in [0.15, 0.2) is 23.3 Å². The number of pyridine rings is 1. The number of hydrogen-bond donors (Lipinski definition) is 0. The van der Waals surface area contributed by atoms with E-state index in [0.717, 1.165) is 6.20 Å². The van der Waals surface area contributed by atoms with Crippen molar-refractivity contribution < 1.29 is 4.39 Å². The summed E-state index contributed by atoms with van der Waals surface area (Å²) in [6.07, 6.45) is 2.75. The van der Waals surface area contributed by atoms with Crippen LogP contribution in [0.5, 0.6) is 0 Å². The van der Waals surface area contributed by atoms with Gasteiger partial charge in [0.2, 0.25) is 0 Å². The van der Waals surface area contributed by atoms with Gasteiger partial charge in [-0.15, -0.1) is 0 Å². The Labute approximate surface area is 70.6 Å². The summed E-state index contributed by atoms with van der Waals surface area (Å²) >= 11 is 0. The molecule has 64 valence electrons. The van der Waals surface area contributed by atoms with Crippen LogP contribution >= 0.6 is 0 Å². The third-order valence-electron chi connectivity index (χ3n) is 1.13. The maximum atomic E-state index is 12.4. The van der Waals surface area contributed by atoms with E-state index < -0.39 is 0 Å². The van der Waals surface area contributed by atoms with Crippen LogP contribution < -0.4 is 0 Å². The largest absolute Gasteiger partial charge is 0.369 e. The van der Waals surface area contributed by atoms with Gasteiger partial charge in [-0.2, -0.15) is 0 Å². The average molecular weight is 167 g/mol. The molecule has 0 saturated carbocycles.